The normalized spacial score (nSPS) is 19.1. The second kappa shape index (κ2) is 3.13. The average molecular weight is 223 g/mol. The molecular weight excluding hydrogens is 213 g/mol. The topological polar surface area (TPSA) is 50.4 Å². The number of nitrogens with one attached hydrogen (secondary N) is 1. The van der Waals surface area contributed by atoms with Crippen molar-refractivity contribution in [3.05, 3.63) is 17.9 Å². The quantitative estimate of drug-likeness (QED) is 0.568. The van der Waals surface area contributed by atoms with E-state index in [2.05, 4.69) is 9.71 Å². The summed E-state index contributed by atoms with van der Waals surface area (Å²) in [6.45, 7) is 0. The van der Waals surface area contributed by atoms with Gasteiger partial charge in [-0.2, -0.15) is 0 Å². The van der Waals surface area contributed by atoms with Gasteiger partial charge in [0.05, 0.1) is 10.6 Å². The number of anilines is 1. The molecule has 2 aliphatic rings. The predicted octanol–water partition coefficient (Wildman–Crippen LogP) is 2.46. The van der Waals surface area contributed by atoms with Crippen molar-refractivity contribution in [3.8, 4) is 0 Å². The fourth-order valence-electron chi connectivity index (χ4n) is 1.57. The third kappa shape index (κ3) is 1.56. The maximum Gasteiger partial charge on any atom is 0.126 e. The van der Waals surface area contributed by atoms with Gasteiger partial charge in [0, 0.05) is 5.92 Å². The molecule has 3 N–H and O–H groups in total. The van der Waals surface area contributed by atoms with Crippen LogP contribution >= 0.6 is 11.9 Å². The van der Waals surface area contributed by atoms with Crippen molar-refractivity contribution in [2.75, 3.05) is 5.73 Å². The number of halogens is 1. The molecule has 0 radical (unpaired) electrons. The molecule has 1 fully saturated rings. The van der Waals surface area contributed by atoms with E-state index < -0.39 is 0 Å². The van der Waals surface area contributed by atoms with Crippen LogP contribution in [0.2, 0.25) is 0 Å². The molecule has 1 heterocycles. The number of nitrogens with zero attached hydrogens (tertiary/aromatic N) is 1. The lowest BCUT2D eigenvalue weighted by Crippen LogP contribution is -2.20. The third-order valence-electron chi connectivity index (χ3n) is 2.53. The van der Waals surface area contributed by atoms with E-state index >= 15 is 0 Å². The Kier molecular flexibility index (Phi) is 1.88. The fraction of sp³-hybridized carbons (Fsp3) is 0.300. The number of rotatable bonds is 1. The molecule has 1 aliphatic carbocycles. The molecule has 1 aromatic carbocycles. The summed E-state index contributed by atoms with van der Waals surface area (Å²) in [5, 5.41) is 0. The lowest BCUT2D eigenvalue weighted by atomic mass is 10.2. The van der Waals surface area contributed by atoms with Crippen LogP contribution in [0.4, 0.5) is 15.8 Å². The summed E-state index contributed by atoms with van der Waals surface area (Å²) in [6, 6.07) is 2.77. The first kappa shape index (κ1) is 9.03. The Morgan fingerprint density at radius 3 is 3.00 bits per heavy atom. The fourth-order valence-corrected chi connectivity index (χ4v) is 2.43. The monoisotopic (exact) mass is 223 g/mol. The largest absolute Gasteiger partial charge is 0.397 e. The molecule has 5 heteroatoms. The van der Waals surface area contributed by atoms with Crippen molar-refractivity contribution in [2.45, 2.75) is 17.7 Å². The summed E-state index contributed by atoms with van der Waals surface area (Å²) in [4.78, 5) is 5.20. The molecule has 0 saturated heterocycles. The molecule has 0 atom stereocenters. The highest BCUT2D eigenvalue weighted by Gasteiger charge is 2.30. The van der Waals surface area contributed by atoms with Crippen LogP contribution in [0.3, 0.4) is 0 Å². The summed E-state index contributed by atoms with van der Waals surface area (Å²) in [5.74, 6) is 1.21. The third-order valence-corrected chi connectivity index (χ3v) is 3.37. The van der Waals surface area contributed by atoms with Gasteiger partial charge < -0.3 is 10.5 Å². The number of aliphatic imine (C=N–C) groups is 1. The second-order valence-corrected chi connectivity index (χ2v) is 4.67. The molecule has 1 aromatic rings. The lowest BCUT2D eigenvalue weighted by Gasteiger charge is -2.17. The van der Waals surface area contributed by atoms with Crippen molar-refractivity contribution in [2.24, 2.45) is 10.9 Å². The number of benzene rings is 1. The van der Waals surface area contributed by atoms with Crippen LogP contribution in [0.25, 0.3) is 0 Å². The van der Waals surface area contributed by atoms with Gasteiger partial charge in [0.15, 0.2) is 0 Å². The van der Waals surface area contributed by atoms with Gasteiger partial charge in [-0.15, -0.1) is 0 Å². The highest BCUT2D eigenvalue weighted by molar-refractivity contribution is 7.98. The van der Waals surface area contributed by atoms with E-state index in [1.165, 1.54) is 36.9 Å². The minimum Gasteiger partial charge on any atom is -0.397 e. The SMILES string of the molecule is Nc1cc(F)cc2c1N=C(C1CC1)NS2. The molecule has 0 bridgehead atoms. The summed E-state index contributed by atoms with van der Waals surface area (Å²) in [7, 11) is 0. The summed E-state index contributed by atoms with van der Waals surface area (Å²) < 4.78 is 16.2. The smallest absolute Gasteiger partial charge is 0.126 e. The van der Waals surface area contributed by atoms with Crippen LogP contribution in [0.15, 0.2) is 22.0 Å². The first-order chi connectivity index (χ1) is 7.24. The van der Waals surface area contributed by atoms with E-state index in [0.29, 0.717) is 17.3 Å². The summed E-state index contributed by atoms with van der Waals surface area (Å²) in [5.41, 5.74) is 6.86. The zero-order valence-electron chi connectivity index (χ0n) is 7.96. The number of nitrogens with two attached hydrogens (primary N) is 1. The van der Waals surface area contributed by atoms with Crippen molar-refractivity contribution in [1.29, 1.82) is 0 Å². The van der Waals surface area contributed by atoms with E-state index in [-0.39, 0.29) is 5.82 Å². The van der Waals surface area contributed by atoms with Gasteiger partial charge in [0.1, 0.15) is 17.3 Å². The van der Waals surface area contributed by atoms with Crippen LogP contribution in [0, 0.1) is 11.7 Å². The molecule has 0 aromatic heterocycles. The molecule has 3 rings (SSSR count). The van der Waals surface area contributed by atoms with E-state index in [1.54, 1.807) is 0 Å². The Balaban J connectivity index is 2.08. The number of amidine groups is 1. The van der Waals surface area contributed by atoms with Gasteiger partial charge in [-0.25, -0.2) is 9.38 Å². The van der Waals surface area contributed by atoms with E-state index in [1.807, 2.05) is 0 Å². The second-order valence-electron chi connectivity index (χ2n) is 3.82. The van der Waals surface area contributed by atoms with Crippen LogP contribution in [0.1, 0.15) is 12.8 Å². The Morgan fingerprint density at radius 2 is 2.27 bits per heavy atom. The van der Waals surface area contributed by atoms with Gasteiger partial charge in [-0.1, -0.05) is 0 Å². The predicted molar refractivity (Wildman–Crippen MR) is 59.6 cm³/mol. The molecule has 0 unspecified atom stereocenters. The van der Waals surface area contributed by atoms with Crippen LogP contribution in [-0.2, 0) is 0 Å². The van der Waals surface area contributed by atoms with Crippen molar-refractivity contribution in [1.82, 2.24) is 4.72 Å². The molecular formula is C10H10FN3S. The van der Waals surface area contributed by atoms with Crippen LogP contribution < -0.4 is 10.5 Å². The van der Waals surface area contributed by atoms with E-state index in [4.69, 9.17) is 5.73 Å². The highest BCUT2D eigenvalue weighted by Crippen LogP contribution is 2.41. The Hall–Kier alpha value is -1.23. The standard InChI is InChI=1S/C10H10FN3S/c11-6-3-7(12)9-8(4-6)15-14-10(13-9)5-1-2-5/h3-5H,1-2,12H2,(H,13,14). The number of hydrogen-bond acceptors (Lipinski definition) is 4. The van der Waals surface area contributed by atoms with Gasteiger partial charge in [-0.05, 0) is 36.9 Å². The first-order valence-corrected chi connectivity index (χ1v) is 5.66. The molecule has 1 aliphatic heterocycles. The zero-order valence-corrected chi connectivity index (χ0v) is 8.77. The number of nitrogen functional groups attached to an aromatic ring is 1. The number of fused-ring (bicyclic) bond motifs is 1. The van der Waals surface area contributed by atoms with Crippen molar-refractivity contribution >= 4 is 29.2 Å². The van der Waals surface area contributed by atoms with Gasteiger partial charge in [0.25, 0.3) is 0 Å². The lowest BCUT2D eigenvalue weighted by molar-refractivity contribution is 0.625. The molecule has 0 spiro atoms. The molecule has 0 amide bonds. The molecule has 78 valence electrons. The molecule has 15 heavy (non-hydrogen) atoms. The maximum atomic E-state index is 13.1. The average Bonchev–Trinajstić information content (AvgIpc) is 3.00. The zero-order chi connectivity index (χ0) is 10.4. The summed E-state index contributed by atoms with van der Waals surface area (Å²) >= 11 is 1.39. The van der Waals surface area contributed by atoms with Crippen molar-refractivity contribution in [3.63, 3.8) is 0 Å². The van der Waals surface area contributed by atoms with E-state index in [0.717, 1.165) is 10.7 Å². The number of hydrogen-bond donors (Lipinski definition) is 2. The van der Waals surface area contributed by atoms with Gasteiger partial charge in [-0.3, -0.25) is 0 Å². The van der Waals surface area contributed by atoms with Crippen LogP contribution in [0.5, 0.6) is 0 Å². The highest BCUT2D eigenvalue weighted by atomic mass is 32.2. The van der Waals surface area contributed by atoms with E-state index in [9.17, 15) is 4.39 Å². The van der Waals surface area contributed by atoms with Gasteiger partial charge >= 0.3 is 0 Å². The molecule has 3 nitrogen and oxygen atoms in total. The van der Waals surface area contributed by atoms with Crippen LogP contribution in [-0.4, -0.2) is 5.84 Å². The first-order valence-electron chi connectivity index (χ1n) is 4.84. The van der Waals surface area contributed by atoms with Crippen molar-refractivity contribution < 1.29 is 4.39 Å². The Bertz CT molecular complexity index is 454. The Labute approximate surface area is 91.1 Å². The van der Waals surface area contributed by atoms with Gasteiger partial charge in [0.2, 0.25) is 0 Å². The molecule has 1 saturated carbocycles. The minimum absolute atomic E-state index is 0.314. The minimum atomic E-state index is -0.314. The Morgan fingerprint density at radius 1 is 1.47 bits per heavy atom. The maximum absolute atomic E-state index is 13.1. The summed E-state index contributed by atoms with van der Waals surface area (Å²) in [6.07, 6.45) is 2.37.